The largest absolute Gasteiger partial charge is 0.310 e. The smallest absolute Gasteiger partial charge is 0.0465 e. The minimum Gasteiger partial charge on any atom is -0.310 e. The van der Waals surface area contributed by atoms with Crippen LogP contribution in [-0.4, -0.2) is 0 Å². The van der Waals surface area contributed by atoms with Gasteiger partial charge in [0.05, 0.1) is 0 Å². The molecule has 0 amide bonds. The van der Waals surface area contributed by atoms with Crippen molar-refractivity contribution in [3.8, 4) is 22.3 Å². The van der Waals surface area contributed by atoms with Gasteiger partial charge in [-0.2, -0.15) is 0 Å². The Hall–Kier alpha value is -3.62. The Morgan fingerprint density at radius 2 is 0.972 bits per heavy atom. The summed E-state index contributed by atoms with van der Waals surface area (Å²) in [6, 6.07) is 43.6. The number of benzene rings is 5. The lowest BCUT2D eigenvalue weighted by atomic mass is 9.98. The molecule has 36 heavy (non-hydrogen) atoms. The zero-order valence-electron chi connectivity index (χ0n) is 20.9. The molecule has 1 nitrogen and oxygen atoms in total. The predicted octanol–water partition coefficient (Wildman–Crippen LogP) is 10.7. The summed E-state index contributed by atoms with van der Waals surface area (Å²) in [5.74, 6) is 0.539. The Morgan fingerprint density at radius 1 is 0.528 bits per heavy atom. The Balaban J connectivity index is 1.52. The SMILES string of the molecule is Cc1cc(N(c2ccc(-c3ccccc3)cc2)c2ccc(-c3ccc(C(C)C)cc3)cc2)ccc1Br. The molecular weight excluding hydrogens is 502 g/mol. The number of aryl methyl sites for hydroxylation is 1. The maximum Gasteiger partial charge on any atom is 0.0465 e. The molecule has 0 fully saturated rings. The number of hydrogen-bond acceptors (Lipinski definition) is 1. The Labute approximate surface area is 223 Å². The van der Waals surface area contributed by atoms with Crippen molar-refractivity contribution in [2.75, 3.05) is 4.90 Å². The van der Waals surface area contributed by atoms with Gasteiger partial charge in [-0.1, -0.05) is 109 Å². The molecule has 0 N–H and O–H groups in total. The molecule has 0 atom stereocenters. The average Bonchev–Trinajstić information content (AvgIpc) is 2.92. The van der Waals surface area contributed by atoms with E-state index in [9.17, 15) is 0 Å². The first-order chi connectivity index (χ1) is 17.5. The van der Waals surface area contributed by atoms with Crippen LogP contribution in [0.5, 0.6) is 0 Å². The second-order valence-electron chi connectivity index (χ2n) is 9.51. The van der Waals surface area contributed by atoms with Crippen molar-refractivity contribution in [3.05, 3.63) is 137 Å². The fraction of sp³-hybridized carbons (Fsp3) is 0.118. The van der Waals surface area contributed by atoms with Crippen molar-refractivity contribution in [2.24, 2.45) is 0 Å². The number of anilines is 3. The first-order valence-electron chi connectivity index (χ1n) is 12.4. The molecule has 0 aliphatic rings. The van der Waals surface area contributed by atoms with Crippen LogP contribution >= 0.6 is 15.9 Å². The molecule has 0 heterocycles. The molecule has 2 heteroatoms. The van der Waals surface area contributed by atoms with Crippen LogP contribution in [0.15, 0.2) is 126 Å². The lowest BCUT2D eigenvalue weighted by Gasteiger charge is -2.26. The van der Waals surface area contributed by atoms with Crippen molar-refractivity contribution in [3.63, 3.8) is 0 Å². The number of nitrogens with zero attached hydrogens (tertiary/aromatic N) is 1. The minimum absolute atomic E-state index is 0.539. The molecule has 0 aliphatic heterocycles. The van der Waals surface area contributed by atoms with E-state index in [0.717, 1.165) is 21.5 Å². The molecule has 0 aliphatic carbocycles. The van der Waals surface area contributed by atoms with E-state index in [1.54, 1.807) is 0 Å². The van der Waals surface area contributed by atoms with Gasteiger partial charge in [-0.3, -0.25) is 0 Å². The van der Waals surface area contributed by atoms with E-state index in [-0.39, 0.29) is 0 Å². The highest BCUT2D eigenvalue weighted by Crippen LogP contribution is 2.38. The molecule has 5 rings (SSSR count). The highest BCUT2D eigenvalue weighted by Gasteiger charge is 2.14. The molecule has 0 bridgehead atoms. The summed E-state index contributed by atoms with van der Waals surface area (Å²) in [4.78, 5) is 2.32. The van der Waals surface area contributed by atoms with E-state index in [1.807, 2.05) is 0 Å². The van der Waals surface area contributed by atoms with Gasteiger partial charge < -0.3 is 4.90 Å². The third-order valence-corrected chi connectivity index (χ3v) is 7.56. The van der Waals surface area contributed by atoms with Crippen molar-refractivity contribution < 1.29 is 0 Å². The standard InChI is InChI=1S/C34H30BrN/c1-24(2)26-9-11-28(12-10-26)30-15-19-32(20-16-30)36(33-21-22-34(35)25(3)23-33)31-17-13-29(14-18-31)27-7-5-4-6-8-27/h4-24H,1-3H3. The summed E-state index contributed by atoms with van der Waals surface area (Å²) in [5, 5.41) is 0. The van der Waals surface area contributed by atoms with Gasteiger partial charge in [-0.15, -0.1) is 0 Å². The fourth-order valence-electron chi connectivity index (χ4n) is 4.51. The van der Waals surface area contributed by atoms with Gasteiger partial charge in [0, 0.05) is 21.5 Å². The van der Waals surface area contributed by atoms with E-state index in [1.165, 1.54) is 33.4 Å². The van der Waals surface area contributed by atoms with Crippen LogP contribution in [0, 0.1) is 6.92 Å². The van der Waals surface area contributed by atoms with Gasteiger partial charge >= 0.3 is 0 Å². The third-order valence-electron chi connectivity index (χ3n) is 6.67. The lowest BCUT2D eigenvalue weighted by Crippen LogP contribution is -2.10. The van der Waals surface area contributed by atoms with E-state index < -0.39 is 0 Å². The van der Waals surface area contributed by atoms with Crippen LogP contribution in [0.1, 0.15) is 30.9 Å². The van der Waals surface area contributed by atoms with Crippen LogP contribution in [-0.2, 0) is 0 Å². The molecular formula is C34H30BrN. The predicted molar refractivity (Wildman–Crippen MR) is 159 cm³/mol. The first kappa shape index (κ1) is 24.1. The highest BCUT2D eigenvalue weighted by molar-refractivity contribution is 9.10. The molecule has 0 saturated heterocycles. The first-order valence-corrected chi connectivity index (χ1v) is 13.2. The molecule has 0 radical (unpaired) electrons. The zero-order valence-corrected chi connectivity index (χ0v) is 22.5. The maximum atomic E-state index is 3.66. The van der Waals surface area contributed by atoms with Gasteiger partial charge in [0.15, 0.2) is 0 Å². The summed E-state index contributed by atoms with van der Waals surface area (Å²) >= 11 is 3.66. The van der Waals surface area contributed by atoms with Crippen molar-refractivity contribution in [2.45, 2.75) is 26.7 Å². The van der Waals surface area contributed by atoms with Crippen LogP contribution in [0.2, 0.25) is 0 Å². The molecule has 0 unspecified atom stereocenters. The fourth-order valence-corrected chi connectivity index (χ4v) is 4.76. The second kappa shape index (κ2) is 10.6. The highest BCUT2D eigenvalue weighted by atomic mass is 79.9. The quantitative estimate of drug-likeness (QED) is 0.210. The topological polar surface area (TPSA) is 3.24 Å². The van der Waals surface area contributed by atoms with Crippen molar-refractivity contribution in [1.82, 2.24) is 0 Å². The minimum atomic E-state index is 0.539. The summed E-state index contributed by atoms with van der Waals surface area (Å²) in [5.41, 5.74) is 10.9. The van der Waals surface area contributed by atoms with E-state index in [0.29, 0.717) is 5.92 Å². The number of rotatable bonds is 6. The third kappa shape index (κ3) is 5.15. The lowest BCUT2D eigenvalue weighted by molar-refractivity contribution is 0.867. The number of halogens is 1. The Bertz CT molecular complexity index is 1430. The molecule has 0 aromatic heterocycles. The summed E-state index contributed by atoms with van der Waals surface area (Å²) < 4.78 is 1.12. The Kier molecular flexibility index (Phi) is 7.06. The van der Waals surface area contributed by atoms with Gasteiger partial charge in [-0.25, -0.2) is 0 Å². The number of hydrogen-bond donors (Lipinski definition) is 0. The maximum absolute atomic E-state index is 3.66. The summed E-state index contributed by atoms with van der Waals surface area (Å²) in [6.45, 7) is 6.59. The molecule has 0 spiro atoms. The Morgan fingerprint density at radius 3 is 1.44 bits per heavy atom. The van der Waals surface area contributed by atoms with E-state index in [2.05, 4.69) is 163 Å². The summed E-state index contributed by atoms with van der Waals surface area (Å²) in [7, 11) is 0. The molecule has 5 aromatic rings. The van der Waals surface area contributed by atoms with Crippen LogP contribution in [0.3, 0.4) is 0 Å². The van der Waals surface area contributed by atoms with Gasteiger partial charge in [0.25, 0.3) is 0 Å². The normalized spacial score (nSPS) is 11.0. The van der Waals surface area contributed by atoms with Crippen LogP contribution < -0.4 is 4.90 Å². The summed E-state index contributed by atoms with van der Waals surface area (Å²) in [6.07, 6.45) is 0. The van der Waals surface area contributed by atoms with E-state index >= 15 is 0 Å². The van der Waals surface area contributed by atoms with Crippen molar-refractivity contribution >= 4 is 33.0 Å². The average molecular weight is 533 g/mol. The zero-order chi connectivity index (χ0) is 25.1. The molecule has 0 saturated carbocycles. The van der Waals surface area contributed by atoms with Gasteiger partial charge in [-0.05, 0) is 88.7 Å². The second-order valence-corrected chi connectivity index (χ2v) is 10.4. The monoisotopic (exact) mass is 531 g/mol. The van der Waals surface area contributed by atoms with Crippen molar-refractivity contribution in [1.29, 1.82) is 0 Å². The van der Waals surface area contributed by atoms with Crippen LogP contribution in [0.4, 0.5) is 17.1 Å². The van der Waals surface area contributed by atoms with Gasteiger partial charge in [0.1, 0.15) is 0 Å². The van der Waals surface area contributed by atoms with Gasteiger partial charge in [0.2, 0.25) is 0 Å². The van der Waals surface area contributed by atoms with Crippen LogP contribution in [0.25, 0.3) is 22.3 Å². The molecule has 5 aromatic carbocycles. The molecule has 178 valence electrons. The van der Waals surface area contributed by atoms with E-state index in [4.69, 9.17) is 0 Å².